The molecule has 0 aliphatic carbocycles. The molecule has 2 aromatic rings. The van der Waals surface area contributed by atoms with Crippen LogP contribution >= 0.6 is 0 Å². The smallest absolute Gasteiger partial charge is 0.163 e. The highest BCUT2D eigenvalue weighted by atomic mass is 19.1. The molecular weight excluding hydrogens is 257 g/mol. The van der Waals surface area contributed by atoms with Crippen LogP contribution in [0.2, 0.25) is 0 Å². The molecule has 1 aromatic carbocycles. The average molecular weight is 275 g/mol. The van der Waals surface area contributed by atoms with E-state index >= 15 is 0 Å². The molecule has 0 radical (unpaired) electrons. The van der Waals surface area contributed by atoms with Crippen molar-refractivity contribution in [1.29, 1.82) is 0 Å². The van der Waals surface area contributed by atoms with Gasteiger partial charge >= 0.3 is 0 Å². The lowest BCUT2D eigenvalue weighted by atomic mass is 9.84. The maximum absolute atomic E-state index is 13.0. The van der Waals surface area contributed by atoms with Gasteiger partial charge < -0.3 is 0 Å². The fourth-order valence-electron chi connectivity index (χ4n) is 2.03. The lowest BCUT2D eigenvalue weighted by Crippen LogP contribution is -2.32. The van der Waals surface area contributed by atoms with E-state index in [1.807, 2.05) is 20.8 Å². The van der Waals surface area contributed by atoms with Gasteiger partial charge in [0, 0.05) is 11.8 Å². The lowest BCUT2D eigenvalue weighted by molar-refractivity contribution is -0.130. The fraction of sp³-hybridized carbons (Fsp3) is 0.400. The van der Waals surface area contributed by atoms with Crippen molar-refractivity contribution in [2.24, 2.45) is 5.41 Å². The normalized spacial score (nSPS) is 13.2. The van der Waals surface area contributed by atoms with Gasteiger partial charge in [-0.05, 0) is 17.7 Å². The molecule has 1 aromatic heterocycles. The summed E-state index contributed by atoms with van der Waals surface area (Å²) in [5.74, 6) is -0.208. The topological polar surface area (TPSA) is 47.8 Å². The van der Waals surface area contributed by atoms with E-state index < -0.39 is 11.5 Å². The predicted octanol–water partition coefficient (Wildman–Crippen LogP) is 2.82. The number of hydrogen-bond acceptors (Lipinski definition) is 3. The minimum Gasteiger partial charge on any atom is -0.297 e. The number of aromatic nitrogens is 3. The van der Waals surface area contributed by atoms with Gasteiger partial charge in [-0.1, -0.05) is 32.9 Å². The molecule has 0 fully saturated rings. The van der Waals surface area contributed by atoms with E-state index in [2.05, 4.69) is 10.1 Å². The quantitative estimate of drug-likeness (QED) is 0.862. The number of carbonyl (C=O) groups excluding carboxylic acids is 1. The molecule has 0 amide bonds. The van der Waals surface area contributed by atoms with Crippen LogP contribution in [0.5, 0.6) is 0 Å². The van der Waals surface area contributed by atoms with Gasteiger partial charge in [0.15, 0.2) is 5.78 Å². The Morgan fingerprint density at radius 1 is 1.30 bits per heavy atom. The van der Waals surface area contributed by atoms with E-state index in [4.69, 9.17) is 0 Å². The van der Waals surface area contributed by atoms with E-state index in [0.717, 1.165) is 5.56 Å². The van der Waals surface area contributed by atoms with Crippen LogP contribution in [-0.4, -0.2) is 20.5 Å². The maximum atomic E-state index is 13.0. The molecule has 0 aliphatic heterocycles. The third-order valence-electron chi connectivity index (χ3n) is 3.14. The first-order valence-corrected chi connectivity index (χ1v) is 6.51. The monoisotopic (exact) mass is 275 g/mol. The number of Topliss-reactive ketones (excluding diaryl/α,β-unsaturated/α-hetero) is 1. The highest BCUT2D eigenvalue weighted by Gasteiger charge is 2.31. The molecule has 1 atom stereocenters. The minimum atomic E-state index is -0.476. The Morgan fingerprint density at radius 3 is 2.45 bits per heavy atom. The molecular formula is C15H18FN3O. The predicted molar refractivity (Wildman–Crippen MR) is 73.6 cm³/mol. The second-order valence-corrected chi connectivity index (χ2v) is 5.84. The highest BCUT2D eigenvalue weighted by molar-refractivity contribution is 5.87. The molecule has 0 saturated heterocycles. The van der Waals surface area contributed by atoms with Crippen molar-refractivity contribution in [1.82, 2.24) is 14.8 Å². The van der Waals surface area contributed by atoms with Gasteiger partial charge in [0.25, 0.3) is 0 Å². The average Bonchev–Trinajstić information content (AvgIpc) is 2.90. The van der Waals surface area contributed by atoms with Crippen molar-refractivity contribution in [2.75, 3.05) is 0 Å². The van der Waals surface area contributed by atoms with E-state index in [1.54, 1.807) is 16.8 Å². The highest BCUT2D eigenvalue weighted by Crippen LogP contribution is 2.25. The zero-order valence-corrected chi connectivity index (χ0v) is 11.9. The second kappa shape index (κ2) is 5.53. The molecule has 5 heteroatoms. The van der Waals surface area contributed by atoms with Gasteiger partial charge in [-0.2, -0.15) is 5.10 Å². The summed E-state index contributed by atoms with van der Waals surface area (Å²) in [6, 6.07) is 5.75. The zero-order valence-electron chi connectivity index (χ0n) is 11.9. The molecule has 0 saturated carbocycles. The molecule has 0 N–H and O–H groups in total. The Labute approximate surface area is 117 Å². The van der Waals surface area contributed by atoms with E-state index in [1.165, 1.54) is 24.8 Å². The van der Waals surface area contributed by atoms with Crippen molar-refractivity contribution < 1.29 is 9.18 Å². The number of benzene rings is 1. The first-order chi connectivity index (χ1) is 9.38. The summed E-state index contributed by atoms with van der Waals surface area (Å²) in [6.07, 6.45) is 3.42. The molecule has 0 aliphatic rings. The summed E-state index contributed by atoms with van der Waals surface area (Å²) < 4.78 is 14.5. The SMILES string of the molecule is CC(C)(C)C(=O)C(Cc1ccc(F)cc1)n1cncn1. The summed E-state index contributed by atoms with van der Waals surface area (Å²) in [4.78, 5) is 16.5. The van der Waals surface area contributed by atoms with Crippen molar-refractivity contribution in [3.8, 4) is 0 Å². The number of ketones is 1. The van der Waals surface area contributed by atoms with Crippen molar-refractivity contribution >= 4 is 5.78 Å². The number of halogens is 1. The van der Waals surface area contributed by atoms with Crippen molar-refractivity contribution in [3.05, 3.63) is 48.3 Å². The van der Waals surface area contributed by atoms with Gasteiger partial charge in [-0.15, -0.1) is 0 Å². The molecule has 0 bridgehead atoms. The Balaban J connectivity index is 2.28. The molecule has 2 rings (SSSR count). The van der Waals surface area contributed by atoms with Crippen LogP contribution in [0.1, 0.15) is 32.4 Å². The van der Waals surface area contributed by atoms with Gasteiger partial charge in [-0.25, -0.2) is 14.1 Å². The summed E-state index contributed by atoms with van der Waals surface area (Å²) in [5, 5.41) is 4.08. The molecule has 4 nitrogen and oxygen atoms in total. The zero-order chi connectivity index (χ0) is 14.8. The largest absolute Gasteiger partial charge is 0.297 e. The third-order valence-corrected chi connectivity index (χ3v) is 3.14. The number of carbonyl (C=O) groups is 1. The fourth-order valence-corrected chi connectivity index (χ4v) is 2.03. The van der Waals surface area contributed by atoms with Gasteiger partial charge in [0.2, 0.25) is 0 Å². The van der Waals surface area contributed by atoms with Crippen molar-refractivity contribution in [3.63, 3.8) is 0 Å². The molecule has 106 valence electrons. The molecule has 1 heterocycles. The maximum Gasteiger partial charge on any atom is 0.163 e. The first kappa shape index (κ1) is 14.4. The minimum absolute atomic E-state index is 0.0762. The van der Waals surface area contributed by atoms with Crippen LogP contribution in [-0.2, 0) is 11.2 Å². The van der Waals surface area contributed by atoms with E-state index in [0.29, 0.717) is 6.42 Å². The first-order valence-electron chi connectivity index (χ1n) is 6.51. The van der Waals surface area contributed by atoms with Crippen molar-refractivity contribution in [2.45, 2.75) is 33.2 Å². The number of nitrogens with zero attached hydrogens (tertiary/aromatic N) is 3. The Morgan fingerprint density at radius 2 is 1.95 bits per heavy atom. The van der Waals surface area contributed by atoms with Crippen LogP contribution in [0, 0.1) is 11.2 Å². The van der Waals surface area contributed by atoms with E-state index in [-0.39, 0.29) is 11.6 Å². The summed E-state index contributed by atoms with van der Waals surface area (Å²) >= 11 is 0. The standard InChI is InChI=1S/C15H18FN3O/c1-15(2,3)14(20)13(19-10-17-9-18-19)8-11-4-6-12(16)7-5-11/h4-7,9-10,13H,8H2,1-3H3. The summed E-state index contributed by atoms with van der Waals surface area (Å²) in [7, 11) is 0. The molecule has 20 heavy (non-hydrogen) atoms. The van der Waals surface area contributed by atoms with Crippen LogP contribution in [0.15, 0.2) is 36.9 Å². The van der Waals surface area contributed by atoms with Gasteiger partial charge in [0.1, 0.15) is 24.5 Å². The molecule has 1 unspecified atom stereocenters. The number of rotatable bonds is 4. The lowest BCUT2D eigenvalue weighted by Gasteiger charge is -2.24. The van der Waals surface area contributed by atoms with Crippen LogP contribution in [0.3, 0.4) is 0 Å². The van der Waals surface area contributed by atoms with Crippen LogP contribution < -0.4 is 0 Å². The Kier molecular flexibility index (Phi) is 3.97. The van der Waals surface area contributed by atoms with Gasteiger partial charge in [0.05, 0.1) is 0 Å². The Hall–Kier alpha value is -2.04. The second-order valence-electron chi connectivity index (χ2n) is 5.84. The third kappa shape index (κ3) is 3.29. The Bertz CT molecular complexity index is 570. The van der Waals surface area contributed by atoms with Gasteiger partial charge in [-0.3, -0.25) is 4.79 Å². The molecule has 0 spiro atoms. The summed E-state index contributed by atoms with van der Waals surface area (Å²) in [6.45, 7) is 5.64. The number of hydrogen-bond donors (Lipinski definition) is 0. The summed E-state index contributed by atoms with van der Waals surface area (Å²) in [5.41, 5.74) is 0.418. The van der Waals surface area contributed by atoms with Crippen LogP contribution in [0.25, 0.3) is 0 Å². The van der Waals surface area contributed by atoms with Crippen LogP contribution in [0.4, 0.5) is 4.39 Å². The van der Waals surface area contributed by atoms with E-state index in [9.17, 15) is 9.18 Å².